The van der Waals surface area contributed by atoms with E-state index in [4.69, 9.17) is 0 Å². The van der Waals surface area contributed by atoms with E-state index in [0.29, 0.717) is 10.3 Å². The fraction of sp³-hybridized carbons (Fsp3) is 0.222. The topological polar surface area (TPSA) is 85.9 Å². The lowest BCUT2D eigenvalue weighted by atomic mass is 10.1. The SMILES string of the molecule is Cc1cc(C)n(-c2ccc(C(C)Nc3ncc([N+](=O)[O-])cc3Br)cc2)n1. The molecule has 8 heteroatoms. The molecule has 3 rings (SSSR count). The van der Waals surface area contributed by atoms with Crippen molar-refractivity contribution in [1.29, 1.82) is 0 Å². The summed E-state index contributed by atoms with van der Waals surface area (Å²) in [5.74, 6) is 0.561. The maximum absolute atomic E-state index is 10.8. The molecule has 2 heterocycles. The first-order chi connectivity index (χ1) is 12.3. The Hall–Kier alpha value is -2.74. The number of nitrogens with zero attached hydrogens (tertiary/aromatic N) is 4. The Morgan fingerprint density at radius 1 is 1.23 bits per heavy atom. The molecule has 0 saturated carbocycles. The van der Waals surface area contributed by atoms with Crippen LogP contribution < -0.4 is 5.32 Å². The van der Waals surface area contributed by atoms with Crippen LogP contribution in [-0.4, -0.2) is 19.7 Å². The minimum absolute atomic E-state index is 0.0187. The summed E-state index contributed by atoms with van der Waals surface area (Å²) in [6.45, 7) is 6.00. The number of hydrogen-bond donors (Lipinski definition) is 1. The Morgan fingerprint density at radius 3 is 2.46 bits per heavy atom. The lowest BCUT2D eigenvalue weighted by molar-refractivity contribution is -0.385. The van der Waals surface area contributed by atoms with Gasteiger partial charge in [-0.15, -0.1) is 0 Å². The Bertz CT molecular complexity index is 953. The van der Waals surface area contributed by atoms with Crippen molar-refractivity contribution >= 4 is 27.4 Å². The summed E-state index contributed by atoms with van der Waals surface area (Å²) in [7, 11) is 0. The smallest absolute Gasteiger partial charge is 0.288 e. The maximum atomic E-state index is 10.8. The predicted molar refractivity (Wildman–Crippen MR) is 104 cm³/mol. The third-order valence-corrected chi connectivity index (χ3v) is 4.64. The summed E-state index contributed by atoms with van der Waals surface area (Å²) in [4.78, 5) is 14.5. The molecule has 0 radical (unpaired) electrons. The molecule has 134 valence electrons. The predicted octanol–water partition coefficient (Wildman–Crippen LogP) is 4.73. The monoisotopic (exact) mass is 415 g/mol. The molecule has 2 aromatic heterocycles. The standard InChI is InChI=1S/C18H18BrN5O2/c1-11-8-12(2)23(22-11)15-6-4-14(5-7-15)13(3)21-18-17(19)9-16(10-20-18)24(25)26/h4-10,13H,1-3H3,(H,20,21). The highest BCUT2D eigenvalue weighted by atomic mass is 79.9. The lowest BCUT2D eigenvalue weighted by Gasteiger charge is -2.16. The van der Waals surface area contributed by atoms with Crippen LogP contribution in [0.3, 0.4) is 0 Å². The molecule has 3 aromatic rings. The minimum atomic E-state index is -0.470. The summed E-state index contributed by atoms with van der Waals surface area (Å²) in [6, 6.07) is 11.6. The number of nitrogens with one attached hydrogen (secondary N) is 1. The van der Waals surface area contributed by atoms with Gasteiger partial charge in [0.05, 0.1) is 20.8 Å². The van der Waals surface area contributed by atoms with Crippen molar-refractivity contribution < 1.29 is 4.92 Å². The molecule has 26 heavy (non-hydrogen) atoms. The Balaban J connectivity index is 1.77. The first-order valence-corrected chi connectivity index (χ1v) is 8.84. The highest BCUT2D eigenvalue weighted by Gasteiger charge is 2.13. The average molecular weight is 416 g/mol. The van der Waals surface area contributed by atoms with E-state index in [2.05, 4.69) is 31.3 Å². The fourth-order valence-corrected chi connectivity index (χ4v) is 3.17. The van der Waals surface area contributed by atoms with Crippen LogP contribution in [-0.2, 0) is 0 Å². The van der Waals surface area contributed by atoms with Crippen LogP contribution in [0.15, 0.2) is 47.1 Å². The Kier molecular flexibility index (Phi) is 5.03. The molecular formula is C18H18BrN5O2. The van der Waals surface area contributed by atoms with Crippen LogP contribution in [0.4, 0.5) is 11.5 Å². The maximum Gasteiger partial charge on any atom is 0.288 e. The van der Waals surface area contributed by atoms with E-state index in [9.17, 15) is 10.1 Å². The van der Waals surface area contributed by atoms with E-state index in [0.717, 1.165) is 22.6 Å². The van der Waals surface area contributed by atoms with Crippen LogP contribution in [0, 0.1) is 24.0 Å². The zero-order valence-electron chi connectivity index (χ0n) is 14.6. The summed E-state index contributed by atoms with van der Waals surface area (Å²) in [5, 5.41) is 18.6. The van der Waals surface area contributed by atoms with Gasteiger partial charge in [-0.05, 0) is 60.5 Å². The van der Waals surface area contributed by atoms with Crippen LogP contribution >= 0.6 is 15.9 Å². The van der Waals surface area contributed by atoms with Crippen molar-refractivity contribution in [2.45, 2.75) is 26.8 Å². The lowest BCUT2D eigenvalue weighted by Crippen LogP contribution is -2.09. The quantitative estimate of drug-likeness (QED) is 0.480. The van der Waals surface area contributed by atoms with Crippen LogP contribution in [0.25, 0.3) is 5.69 Å². The zero-order chi connectivity index (χ0) is 18.8. The van der Waals surface area contributed by atoms with Crippen LogP contribution in [0.5, 0.6) is 0 Å². The average Bonchev–Trinajstić information content (AvgIpc) is 2.95. The number of benzene rings is 1. The first kappa shape index (κ1) is 18.1. The molecule has 1 aromatic carbocycles. The second-order valence-electron chi connectivity index (χ2n) is 6.08. The van der Waals surface area contributed by atoms with Gasteiger partial charge in [0.2, 0.25) is 0 Å². The van der Waals surface area contributed by atoms with E-state index in [-0.39, 0.29) is 11.7 Å². The molecule has 7 nitrogen and oxygen atoms in total. The van der Waals surface area contributed by atoms with Gasteiger partial charge in [0, 0.05) is 17.8 Å². The number of anilines is 1. The van der Waals surface area contributed by atoms with Gasteiger partial charge in [-0.3, -0.25) is 10.1 Å². The van der Waals surface area contributed by atoms with E-state index in [1.807, 2.05) is 55.8 Å². The molecule has 1 unspecified atom stereocenters. The molecule has 0 saturated heterocycles. The number of hydrogen-bond acceptors (Lipinski definition) is 5. The minimum Gasteiger partial charge on any atom is -0.363 e. The van der Waals surface area contributed by atoms with Gasteiger partial charge in [0.25, 0.3) is 5.69 Å². The molecule has 0 fully saturated rings. The number of aromatic nitrogens is 3. The van der Waals surface area contributed by atoms with Gasteiger partial charge in [0.1, 0.15) is 12.0 Å². The molecule has 1 atom stereocenters. The van der Waals surface area contributed by atoms with Gasteiger partial charge in [-0.25, -0.2) is 9.67 Å². The number of rotatable bonds is 5. The molecule has 0 aliphatic carbocycles. The zero-order valence-corrected chi connectivity index (χ0v) is 16.2. The third-order valence-electron chi connectivity index (χ3n) is 4.04. The molecule has 0 aliphatic heterocycles. The highest BCUT2D eigenvalue weighted by molar-refractivity contribution is 9.10. The van der Waals surface area contributed by atoms with Gasteiger partial charge >= 0.3 is 0 Å². The van der Waals surface area contributed by atoms with Gasteiger partial charge in [-0.1, -0.05) is 12.1 Å². The fourth-order valence-electron chi connectivity index (χ4n) is 2.72. The molecule has 1 N–H and O–H groups in total. The van der Waals surface area contributed by atoms with E-state index in [1.54, 1.807) is 0 Å². The van der Waals surface area contributed by atoms with Crippen molar-refractivity contribution in [2.75, 3.05) is 5.32 Å². The second-order valence-corrected chi connectivity index (χ2v) is 6.93. The third kappa shape index (κ3) is 3.75. The summed E-state index contributed by atoms with van der Waals surface area (Å²) in [6.07, 6.45) is 1.24. The first-order valence-electron chi connectivity index (χ1n) is 8.05. The molecule has 0 spiro atoms. The van der Waals surface area contributed by atoms with Crippen LogP contribution in [0.2, 0.25) is 0 Å². The van der Waals surface area contributed by atoms with E-state index >= 15 is 0 Å². The largest absolute Gasteiger partial charge is 0.363 e. The van der Waals surface area contributed by atoms with Gasteiger partial charge in [0.15, 0.2) is 0 Å². The van der Waals surface area contributed by atoms with Crippen molar-refractivity contribution in [3.8, 4) is 5.69 Å². The number of pyridine rings is 1. The van der Waals surface area contributed by atoms with E-state index in [1.165, 1.54) is 12.3 Å². The van der Waals surface area contributed by atoms with Crippen molar-refractivity contribution in [2.24, 2.45) is 0 Å². The number of nitro groups is 1. The van der Waals surface area contributed by atoms with Gasteiger partial charge in [-0.2, -0.15) is 5.10 Å². The van der Waals surface area contributed by atoms with Crippen molar-refractivity contribution in [3.63, 3.8) is 0 Å². The van der Waals surface area contributed by atoms with Crippen molar-refractivity contribution in [1.82, 2.24) is 14.8 Å². The van der Waals surface area contributed by atoms with Crippen LogP contribution in [0.1, 0.15) is 29.9 Å². The Morgan fingerprint density at radius 2 is 1.92 bits per heavy atom. The van der Waals surface area contributed by atoms with Crippen molar-refractivity contribution in [3.05, 3.63) is 74.1 Å². The number of aryl methyl sites for hydroxylation is 2. The van der Waals surface area contributed by atoms with E-state index < -0.39 is 4.92 Å². The normalized spacial score (nSPS) is 12.0. The number of halogens is 1. The highest BCUT2D eigenvalue weighted by Crippen LogP contribution is 2.28. The summed E-state index contributed by atoms with van der Waals surface area (Å²) >= 11 is 3.33. The summed E-state index contributed by atoms with van der Waals surface area (Å²) in [5.41, 5.74) is 4.09. The second kappa shape index (κ2) is 7.25. The Labute approximate surface area is 159 Å². The summed E-state index contributed by atoms with van der Waals surface area (Å²) < 4.78 is 2.46. The molecular weight excluding hydrogens is 398 g/mol. The molecule has 0 bridgehead atoms. The van der Waals surface area contributed by atoms with Gasteiger partial charge < -0.3 is 5.32 Å². The molecule has 0 aliphatic rings. The molecule has 0 amide bonds.